The summed E-state index contributed by atoms with van der Waals surface area (Å²) in [6.07, 6.45) is -1.48. The van der Waals surface area contributed by atoms with E-state index in [4.69, 9.17) is 4.42 Å². The summed E-state index contributed by atoms with van der Waals surface area (Å²) in [5, 5.41) is 6.83. The molecule has 11 heteroatoms. The van der Waals surface area contributed by atoms with Crippen molar-refractivity contribution in [1.82, 2.24) is 15.2 Å². The molecular formula is C17H15BrF2N4O3S. The molecule has 0 amide bonds. The van der Waals surface area contributed by atoms with Gasteiger partial charge in [-0.1, -0.05) is 22.0 Å². The SMILES string of the molecule is CCS(=O)(=O)N(Cc1ccc(-c2nnc(C(F)F)o2)cn1)c1cccc(Br)c1. The zero-order valence-corrected chi connectivity index (χ0v) is 17.0. The number of halogens is 3. The van der Waals surface area contributed by atoms with Crippen LogP contribution >= 0.6 is 15.9 Å². The van der Waals surface area contributed by atoms with Gasteiger partial charge in [0.15, 0.2) is 0 Å². The molecule has 28 heavy (non-hydrogen) atoms. The molecule has 148 valence electrons. The second kappa shape index (κ2) is 8.31. The summed E-state index contributed by atoms with van der Waals surface area (Å²) in [5.41, 5.74) is 1.32. The van der Waals surface area contributed by atoms with Crippen molar-refractivity contribution in [2.24, 2.45) is 0 Å². The van der Waals surface area contributed by atoms with Crippen molar-refractivity contribution in [3.05, 3.63) is 58.7 Å². The maximum absolute atomic E-state index is 12.6. The number of sulfonamides is 1. The molecule has 1 aromatic carbocycles. The van der Waals surface area contributed by atoms with Crippen molar-refractivity contribution in [2.45, 2.75) is 19.9 Å². The molecule has 0 aliphatic carbocycles. The number of rotatable bonds is 7. The van der Waals surface area contributed by atoms with Crippen LogP contribution in [-0.4, -0.2) is 29.4 Å². The van der Waals surface area contributed by atoms with Crippen LogP contribution in [0.2, 0.25) is 0 Å². The summed E-state index contributed by atoms with van der Waals surface area (Å²) in [6, 6.07) is 10.1. The van der Waals surface area contributed by atoms with Gasteiger partial charge >= 0.3 is 6.43 Å². The number of hydrogen-bond acceptors (Lipinski definition) is 6. The maximum Gasteiger partial charge on any atom is 0.314 e. The number of alkyl halides is 2. The largest absolute Gasteiger partial charge is 0.415 e. The van der Waals surface area contributed by atoms with E-state index in [1.54, 1.807) is 43.3 Å². The monoisotopic (exact) mass is 472 g/mol. The molecule has 7 nitrogen and oxygen atoms in total. The molecule has 2 aromatic heterocycles. The lowest BCUT2D eigenvalue weighted by atomic mass is 10.2. The van der Waals surface area contributed by atoms with Crippen LogP contribution in [0, 0.1) is 0 Å². The number of benzene rings is 1. The van der Waals surface area contributed by atoms with Gasteiger partial charge in [-0.2, -0.15) is 8.78 Å². The molecule has 0 fully saturated rings. The van der Waals surface area contributed by atoms with E-state index >= 15 is 0 Å². The first-order chi connectivity index (χ1) is 13.3. The van der Waals surface area contributed by atoms with Crippen molar-refractivity contribution >= 4 is 31.6 Å². The lowest BCUT2D eigenvalue weighted by Crippen LogP contribution is -2.32. The van der Waals surface area contributed by atoms with Gasteiger partial charge in [-0.3, -0.25) is 9.29 Å². The first-order valence-electron chi connectivity index (χ1n) is 8.13. The van der Waals surface area contributed by atoms with E-state index in [1.807, 2.05) is 0 Å². The fraction of sp³-hybridized carbons (Fsp3) is 0.235. The van der Waals surface area contributed by atoms with Crippen LogP contribution in [0.25, 0.3) is 11.5 Å². The van der Waals surface area contributed by atoms with Crippen LogP contribution < -0.4 is 4.31 Å². The smallest absolute Gasteiger partial charge is 0.314 e. The quantitative estimate of drug-likeness (QED) is 0.512. The summed E-state index contributed by atoms with van der Waals surface area (Å²) in [7, 11) is -3.55. The zero-order chi connectivity index (χ0) is 20.3. The van der Waals surface area contributed by atoms with Gasteiger partial charge in [0.05, 0.1) is 29.2 Å². The summed E-state index contributed by atoms with van der Waals surface area (Å²) in [4.78, 5) is 4.21. The number of nitrogens with zero attached hydrogens (tertiary/aromatic N) is 4. The van der Waals surface area contributed by atoms with E-state index in [-0.39, 0.29) is 18.2 Å². The van der Waals surface area contributed by atoms with Crippen LogP contribution in [0.1, 0.15) is 24.9 Å². The van der Waals surface area contributed by atoms with Gasteiger partial charge in [0.25, 0.3) is 5.89 Å². The van der Waals surface area contributed by atoms with Crippen LogP contribution in [-0.2, 0) is 16.6 Å². The molecule has 0 aliphatic heterocycles. The Morgan fingerprint density at radius 3 is 2.57 bits per heavy atom. The fourth-order valence-electron chi connectivity index (χ4n) is 2.37. The number of anilines is 1. The molecule has 3 rings (SSSR count). The Morgan fingerprint density at radius 2 is 2.00 bits per heavy atom. The van der Waals surface area contributed by atoms with Crippen LogP contribution in [0.5, 0.6) is 0 Å². The molecule has 0 spiro atoms. The van der Waals surface area contributed by atoms with Gasteiger partial charge in [-0.05, 0) is 37.3 Å². The Morgan fingerprint density at radius 1 is 1.21 bits per heavy atom. The Bertz CT molecular complexity index is 1060. The second-order valence-corrected chi connectivity index (χ2v) is 8.77. The third kappa shape index (κ3) is 4.53. The van der Waals surface area contributed by atoms with E-state index in [1.165, 1.54) is 10.5 Å². The van der Waals surface area contributed by atoms with E-state index in [9.17, 15) is 17.2 Å². The van der Waals surface area contributed by atoms with Gasteiger partial charge in [0, 0.05) is 10.7 Å². The second-order valence-electron chi connectivity index (χ2n) is 5.67. The minimum Gasteiger partial charge on any atom is -0.415 e. The summed E-state index contributed by atoms with van der Waals surface area (Å²) >= 11 is 3.34. The standard InChI is InChI=1S/C17H15BrF2N4O3S/c1-2-28(25,26)24(14-5-3-4-12(18)8-14)10-13-7-6-11(9-21-13)16-22-23-17(27-16)15(19)20/h3-9,15H,2,10H2,1H3. The minimum atomic E-state index is -3.55. The van der Waals surface area contributed by atoms with Gasteiger partial charge in [-0.25, -0.2) is 8.42 Å². The molecule has 2 heterocycles. The number of pyridine rings is 1. The first-order valence-corrected chi connectivity index (χ1v) is 10.5. The maximum atomic E-state index is 12.6. The zero-order valence-electron chi connectivity index (χ0n) is 14.6. The molecular weight excluding hydrogens is 458 g/mol. The Kier molecular flexibility index (Phi) is 6.04. The molecule has 3 aromatic rings. The highest BCUT2D eigenvalue weighted by Gasteiger charge is 2.22. The third-order valence-electron chi connectivity index (χ3n) is 3.80. The summed E-state index contributed by atoms with van der Waals surface area (Å²) in [5.74, 6) is -0.927. The lowest BCUT2D eigenvalue weighted by Gasteiger charge is -2.23. The van der Waals surface area contributed by atoms with Crippen LogP contribution in [0.3, 0.4) is 0 Å². The first kappa shape index (κ1) is 20.3. The van der Waals surface area contributed by atoms with Crippen LogP contribution in [0.4, 0.5) is 14.5 Å². The van der Waals surface area contributed by atoms with Gasteiger partial charge < -0.3 is 4.42 Å². The summed E-state index contributed by atoms with van der Waals surface area (Å²) < 4.78 is 57.1. The van der Waals surface area contributed by atoms with E-state index in [0.29, 0.717) is 16.9 Å². The van der Waals surface area contributed by atoms with Crippen LogP contribution in [0.15, 0.2) is 51.5 Å². The van der Waals surface area contributed by atoms with E-state index in [0.717, 1.165) is 4.47 Å². The minimum absolute atomic E-state index is 0.0129. The Labute approximate surface area is 168 Å². The average Bonchev–Trinajstić information content (AvgIpc) is 3.17. The number of aromatic nitrogens is 3. The predicted octanol–water partition coefficient (Wildman–Crippen LogP) is 4.19. The van der Waals surface area contributed by atoms with Gasteiger partial charge in [-0.15, -0.1) is 10.2 Å². The fourth-order valence-corrected chi connectivity index (χ4v) is 3.83. The molecule has 0 saturated heterocycles. The van der Waals surface area contributed by atoms with E-state index in [2.05, 4.69) is 31.1 Å². The topological polar surface area (TPSA) is 89.2 Å². The molecule has 0 aliphatic rings. The normalized spacial score (nSPS) is 11.8. The van der Waals surface area contributed by atoms with E-state index < -0.39 is 22.3 Å². The Balaban J connectivity index is 1.87. The molecule has 0 bridgehead atoms. The van der Waals surface area contributed by atoms with Crippen molar-refractivity contribution < 1.29 is 21.6 Å². The van der Waals surface area contributed by atoms with Crippen molar-refractivity contribution in [3.8, 4) is 11.5 Å². The molecule has 0 unspecified atom stereocenters. The third-order valence-corrected chi connectivity index (χ3v) is 6.04. The molecule has 0 saturated carbocycles. The predicted molar refractivity (Wildman–Crippen MR) is 102 cm³/mol. The van der Waals surface area contributed by atoms with Crippen molar-refractivity contribution in [1.29, 1.82) is 0 Å². The molecule has 0 radical (unpaired) electrons. The highest BCUT2D eigenvalue weighted by molar-refractivity contribution is 9.10. The molecule has 0 N–H and O–H groups in total. The Hall–Kier alpha value is -2.40. The lowest BCUT2D eigenvalue weighted by molar-refractivity contribution is 0.116. The highest BCUT2D eigenvalue weighted by Crippen LogP contribution is 2.26. The van der Waals surface area contributed by atoms with Gasteiger partial charge in [0.2, 0.25) is 15.9 Å². The summed E-state index contributed by atoms with van der Waals surface area (Å²) in [6.45, 7) is 1.58. The van der Waals surface area contributed by atoms with Gasteiger partial charge in [0.1, 0.15) is 0 Å². The molecule has 0 atom stereocenters. The van der Waals surface area contributed by atoms with Crippen molar-refractivity contribution in [2.75, 3.05) is 10.1 Å². The highest BCUT2D eigenvalue weighted by atomic mass is 79.9. The van der Waals surface area contributed by atoms with Crippen molar-refractivity contribution in [3.63, 3.8) is 0 Å². The number of hydrogen-bond donors (Lipinski definition) is 0. The average molecular weight is 473 g/mol.